The van der Waals surface area contributed by atoms with Crippen LogP contribution in [-0.2, 0) is 6.54 Å². The summed E-state index contributed by atoms with van der Waals surface area (Å²) >= 11 is 0. The maximum Gasteiger partial charge on any atom is 0.253 e. The Morgan fingerprint density at radius 2 is 2.27 bits per heavy atom. The van der Waals surface area contributed by atoms with Crippen LogP contribution in [0.15, 0.2) is 36.9 Å². The van der Waals surface area contributed by atoms with Gasteiger partial charge < -0.3 is 14.8 Å². The van der Waals surface area contributed by atoms with E-state index in [9.17, 15) is 14.3 Å². The highest BCUT2D eigenvalue weighted by molar-refractivity contribution is 5.94. The van der Waals surface area contributed by atoms with Gasteiger partial charge in [-0.15, -0.1) is 0 Å². The molecule has 1 saturated carbocycles. The van der Waals surface area contributed by atoms with E-state index in [-0.39, 0.29) is 23.2 Å². The van der Waals surface area contributed by atoms with E-state index in [2.05, 4.69) is 15.4 Å². The second-order valence-corrected chi connectivity index (χ2v) is 6.90. The van der Waals surface area contributed by atoms with E-state index in [0.29, 0.717) is 25.1 Å². The van der Waals surface area contributed by atoms with Gasteiger partial charge in [0.25, 0.3) is 5.91 Å². The molecule has 26 heavy (non-hydrogen) atoms. The monoisotopic (exact) mass is 357 g/mol. The molecule has 1 fully saturated rings. The molecule has 3 aromatic rings. The number of halogens is 1. The first-order chi connectivity index (χ1) is 12.5. The van der Waals surface area contributed by atoms with Crippen LogP contribution < -0.4 is 5.32 Å². The molecule has 0 aliphatic heterocycles. The lowest BCUT2D eigenvalue weighted by Gasteiger charge is -2.16. The van der Waals surface area contributed by atoms with Crippen molar-refractivity contribution in [3.8, 4) is 0 Å². The highest BCUT2D eigenvalue weighted by Gasteiger charge is 2.34. The van der Waals surface area contributed by atoms with Gasteiger partial charge in [0.1, 0.15) is 0 Å². The first-order valence-electron chi connectivity index (χ1n) is 8.61. The molecule has 0 bridgehead atoms. The number of nitrogens with zero attached hydrogens (tertiary/aromatic N) is 4. The van der Waals surface area contributed by atoms with E-state index in [1.165, 1.54) is 10.5 Å². The van der Waals surface area contributed by atoms with Gasteiger partial charge in [-0.05, 0) is 37.8 Å². The molecule has 1 aliphatic carbocycles. The molecule has 3 aromatic heterocycles. The summed E-state index contributed by atoms with van der Waals surface area (Å²) in [6.45, 7) is 2.46. The van der Waals surface area contributed by atoms with Crippen LogP contribution in [-0.4, -0.2) is 42.3 Å². The molecule has 8 heteroatoms. The molecular weight excluding hydrogens is 337 g/mol. The van der Waals surface area contributed by atoms with Gasteiger partial charge in [-0.25, -0.2) is 9.37 Å². The second-order valence-electron chi connectivity index (χ2n) is 6.90. The van der Waals surface area contributed by atoms with Crippen molar-refractivity contribution >= 4 is 11.6 Å². The molecule has 0 aromatic carbocycles. The van der Waals surface area contributed by atoms with Gasteiger partial charge >= 0.3 is 0 Å². The lowest BCUT2D eigenvalue weighted by Crippen LogP contribution is -2.40. The number of nitrogens with one attached hydrogen (secondary N) is 1. The lowest BCUT2D eigenvalue weighted by molar-refractivity contribution is 0.0872. The third-order valence-corrected chi connectivity index (χ3v) is 4.84. The predicted molar refractivity (Wildman–Crippen MR) is 92.1 cm³/mol. The number of rotatable bonds is 4. The van der Waals surface area contributed by atoms with E-state index in [1.54, 1.807) is 25.5 Å². The summed E-state index contributed by atoms with van der Waals surface area (Å²) in [6.07, 6.45) is 7.44. The summed E-state index contributed by atoms with van der Waals surface area (Å²) in [4.78, 5) is 16.6. The number of aryl methyl sites for hydroxylation is 1. The van der Waals surface area contributed by atoms with Crippen LogP contribution in [0.3, 0.4) is 0 Å². The third kappa shape index (κ3) is 3.20. The number of aliphatic hydroxyl groups excluding tert-OH is 1. The minimum atomic E-state index is -0.622. The van der Waals surface area contributed by atoms with E-state index in [1.807, 2.05) is 16.9 Å². The van der Waals surface area contributed by atoms with Gasteiger partial charge in [0.05, 0.1) is 23.4 Å². The Hall–Kier alpha value is -2.74. The quantitative estimate of drug-likeness (QED) is 0.742. The minimum absolute atomic E-state index is 0.194. The molecule has 3 atom stereocenters. The normalized spacial score (nSPS) is 22.8. The fraction of sp³-hybridized carbons (Fsp3) is 0.389. The van der Waals surface area contributed by atoms with Crippen molar-refractivity contribution in [2.45, 2.75) is 38.5 Å². The summed E-state index contributed by atoms with van der Waals surface area (Å²) in [7, 11) is 0. The zero-order valence-electron chi connectivity index (χ0n) is 14.3. The standard InChI is InChI=1S/C18H20FN5O2/c1-11-8-23-10-13(7-14(19)17(23)21-11)18(26)22-15-5-12(6-16(15)25)9-24-4-2-3-20-24/h2-4,7-8,10,12,15-16,25H,5-6,9H2,1H3,(H,22,26)/t12?,15-,16-/m1/s1. The smallest absolute Gasteiger partial charge is 0.253 e. The predicted octanol–water partition coefficient (Wildman–Crippen LogP) is 1.55. The van der Waals surface area contributed by atoms with Gasteiger partial charge in [-0.1, -0.05) is 0 Å². The Kier molecular flexibility index (Phi) is 4.20. The molecule has 0 saturated heterocycles. The molecular formula is C18H20FN5O2. The number of hydrogen-bond acceptors (Lipinski definition) is 4. The molecule has 3 heterocycles. The van der Waals surface area contributed by atoms with Gasteiger partial charge in [-0.3, -0.25) is 9.48 Å². The molecule has 1 amide bonds. The van der Waals surface area contributed by atoms with E-state index in [4.69, 9.17) is 0 Å². The highest BCUT2D eigenvalue weighted by Crippen LogP contribution is 2.27. The van der Waals surface area contributed by atoms with Crippen LogP contribution in [0.1, 0.15) is 28.9 Å². The van der Waals surface area contributed by atoms with Crippen LogP contribution in [0.5, 0.6) is 0 Å². The van der Waals surface area contributed by atoms with Gasteiger partial charge in [0.15, 0.2) is 11.5 Å². The Morgan fingerprint density at radius 1 is 1.42 bits per heavy atom. The van der Waals surface area contributed by atoms with Gasteiger partial charge in [-0.2, -0.15) is 5.10 Å². The molecule has 1 unspecified atom stereocenters. The Balaban J connectivity index is 1.46. The van der Waals surface area contributed by atoms with Crippen LogP contribution in [0.2, 0.25) is 0 Å². The number of imidazole rings is 1. The Bertz CT molecular complexity index is 937. The van der Waals surface area contributed by atoms with Crippen molar-refractivity contribution in [1.82, 2.24) is 24.5 Å². The highest BCUT2D eigenvalue weighted by atomic mass is 19.1. The fourth-order valence-corrected chi connectivity index (χ4v) is 3.65. The average molecular weight is 357 g/mol. The maximum absolute atomic E-state index is 14.2. The first kappa shape index (κ1) is 16.7. The van der Waals surface area contributed by atoms with Crippen molar-refractivity contribution in [3.05, 3.63) is 54.0 Å². The maximum atomic E-state index is 14.2. The topological polar surface area (TPSA) is 84.5 Å². The van der Waals surface area contributed by atoms with Crippen molar-refractivity contribution in [2.24, 2.45) is 5.92 Å². The zero-order chi connectivity index (χ0) is 18.3. The number of pyridine rings is 1. The average Bonchev–Trinajstić information content (AvgIpc) is 3.29. The summed E-state index contributed by atoms with van der Waals surface area (Å²) in [5.74, 6) is -0.721. The number of carbonyl (C=O) groups is 1. The Labute approximate surface area is 149 Å². The first-order valence-corrected chi connectivity index (χ1v) is 8.61. The molecule has 4 rings (SSSR count). The molecule has 2 N–H and O–H groups in total. The lowest BCUT2D eigenvalue weighted by atomic mass is 10.1. The van der Waals surface area contributed by atoms with Crippen molar-refractivity contribution in [2.75, 3.05) is 0 Å². The zero-order valence-corrected chi connectivity index (χ0v) is 14.3. The van der Waals surface area contributed by atoms with E-state index in [0.717, 1.165) is 0 Å². The van der Waals surface area contributed by atoms with Crippen molar-refractivity contribution < 1.29 is 14.3 Å². The fourth-order valence-electron chi connectivity index (χ4n) is 3.65. The minimum Gasteiger partial charge on any atom is -0.391 e. The number of carbonyl (C=O) groups excluding carboxylic acids is 1. The van der Waals surface area contributed by atoms with Gasteiger partial charge in [0.2, 0.25) is 0 Å². The van der Waals surface area contributed by atoms with Crippen molar-refractivity contribution in [3.63, 3.8) is 0 Å². The molecule has 0 spiro atoms. The van der Waals surface area contributed by atoms with Crippen LogP contribution in [0.25, 0.3) is 5.65 Å². The number of amides is 1. The summed E-state index contributed by atoms with van der Waals surface area (Å²) in [5.41, 5.74) is 1.07. The molecule has 7 nitrogen and oxygen atoms in total. The number of fused-ring (bicyclic) bond motifs is 1. The van der Waals surface area contributed by atoms with Crippen LogP contribution >= 0.6 is 0 Å². The molecule has 0 radical (unpaired) electrons. The number of aromatic nitrogens is 4. The van der Waals surface area contributed by atoms with E-state index < -0.39 is 17.8 Å². The van der Waals surface area contributed by atoms with Gasteiger partial charge in [0, 0.05) is 31.3 Å². The van der Waals surface area contributed by atoms with Crippen LogP contribution in [0.4, 0.5) is 4.39 Å². The second kappa shape index (κ2) is 6.53. The summed E-state index contributed by atoms with van der Waals surface area (Å²) in [5, 5.41) is 17.3. The molecule has 1 aliphatic rings. The van der Waals surface area contributed by atoms with Crippen LogP contribution in [0, 0.1) is 18.7 Å². The van der Waals surface area contributed by atoms with Crippen molar-refractivity contribution in [1.29, 1.82) is 0 Å². The molecule has 136 valence electrons. The third-order valence-electron chi connectivity index (χ3n) is 4.84. The number of aliphatic hydroxyl groups is 1. The summed E-state index contributed by atoms with van der Waals surface area (Å²) < 4.78 is 17.5. The van der Waals surface area contributed by atoms with E-state index >= 15 is 0 Å². The largest absolute Gasteiger partial charge is 0.391 e. The number of hydrogen-bond donors (Lipinski definition) is 2. The summed E-state index contributed by atoms with van der Waals surface area (Å²) in [6, 6.07) is 2.68. The Morgan fingerprint density at radius 3 is 3.04 bits per heavy atom. The SMILES string of the molecule is Cc1cn2cc(C(=O)N[C@@H]3CC(Cn4cccn4)C[C@H]3O)cc(F)c2n1.